The molecule has 0 bridgehead atoms. The third kappa shape index (κ3) is 1.88. The Hall–Kier alpha value is -1.95. The van der Waals surface area contributed by atoms with Crippen LogP contribution in [0, 0.1) is 12.7 Å². The number of imidazole rings is 1. The van der Waals surface area contributed by atoms with Crippen LogP contribution >= 0.6 is 11.3 Å². The number of nitrogen functional groups attached to an aromatic ring is 1. The van der Waals surface area contributed by atoms with Gasteiger partial charge in [-0.15, -0.1) is 11.3 Å². The van der Waals surface area contributed by atoms with E-state index in [1.54, 1.807) is 17.4 Å². The number of hydrogen-bond donors (Lipinski definition) is 1. The van der Waals surface area contributed by atoms with Crippen LogP contribution < -0.4 is 5.73 Å². The Bertz CT molecular complexity index is 746. The minimum absolute atomic E-state index is 0.0644. The maximum atomic E-state index is 13.7. The quantitative estimate of drug-likeness (QED) is 0.782. The summed E-state index contributed by atoms with van der Waals surface area (Å²) in [5.74, 6) is -0.0501. The number of hydrogen-bond acceptors (Lipinski definition) is 4. The van der Waals surface area contributed by atoms with E-state index >= 15 is 0 Å². The van der Waals surface area contributed by atoms with E-state index in [0.717, 1.165) is 10.7 Å². The normalized spacial score (nSPS) is 13.0. The van der Waals surface area contributed by atoms with Crippen LogP contribution in [0.3, 0.4) is 0 Å². The van der Waals surface area contributed by atoms with E-state index in [2.05, 4.69) is 9.97 Å². The molecule has 2 heterocycles. The van der Waals surface area contributed by atoms with Gasteiger partial charge in [-0.1, -0.05) is 6.07 Å². The molecule has 0 aliphatic rings. The zero-order chi connectivity index (χ0) is 13.6. The summed E-state index contributed by atoms with van der Waals surface area (Å²) in [6, 6.07) is 4.80. The van der Waals surface area contributed by atoms with E-state index in [9.17, 15) is 4.39 Å². The van der Waals surface area contributed by atoms with Gasteiger partial charge in [-0.25, -0.2) is 14.4 Å². The van der Waals surface area contributed by atoms with Crippen LogP contribution in [0.4, 0.5) is 10.3 Å². The maximum absolute atomic E-state index is 13.7. The first kappa shape index (κ1) is 12.1. The number of nitrogens with zero attached hydrogens (tertiary/aromatic N) is 3. The van der Waals surface area contributed by atoms with Crippen molar-refractivity contribution in [3.8, 4) is 0 Å². The predicted molar refractivity (Wildman–Crippen MR) is 74.8 cm³/mol. The molecular formula is C13H13FN4S. The molecule has 0 fully saturated rings. The number of aryl methyl sites for hydroxylation is 1. The molecule has 0 saturated carbocycles. The summed E-state index contributed by atoms with van der Waals surface area (Å²) < 4.78 is 15.5. The first-order valence-electron chi connectivity index (χ1n) is 5.92. The minimum atomic E-state index is -0.356. The second kappa shape index (κ2) is 4.31. The van der Waals surface area contributed by atoms with E-state index in [-0.39, 0.29) is 11.9 Å². The number of nitrogens with two attached hydrogens (primary N) is 1. The number of fused-ring (bicyclic) bond motifs is 1. The highest BCUT2D eigenvalue weighted by Gasteiger charge is 2.19. The Kier molecular flexibility index (Phi) is 2.74. The Balaban J connectivity index is 2.19. The molecule has 1 atom stereocenters. The molecule has 3 rings (SSSR count). The number of para-hydroxylation sites is 1. The fourth-order valence-corrected chi connectivity index (χ4v) is 3.03. The van der Waals surface area contributed by atoms with Crippen molar-refractivity contribution in [2.24, 2.45) is 0 Å². The average Bonchev–Trinajstić information content (AvgIpc) is 2.93. The largest absolute Gasteiger partial charge is 0.369 e. The lowest BCUT2D eigenvalue weighted by Gasteiger charge is -2.13. The second-order valence-electron chi connectivity index (χ2n) is 4.45. The van der Waals surface area contributed by atoms with Crippen LogP contribution in [0.25, 0.3) is 11.0 Å². The third-order valence-corrected chi connectivity index (χ3v) is 4.21. The van der Waals surface area contributed by atoms with Gasteiger partial charge in [0.2, 0.25) is 5.95 Å². The van der Waals surface area contributed by atoms with Crippen molar-refractivity contribution in [3.05, 3.63) is 40.1 Å². The molecule has 0 aliphatic carbocycles. The van der Waals surface area contributed by atoms with Gasteiger partial charge in [0.05, 0.1) is 11.6 Å². The molecule has 0 amide bonds. The van der Waals surface area contributed by atoms with Crippen LogP contribution in [0.1, 0.15) is 23.7 Å². The van der Waals surface area contributed by atoms with Crippen molar-refractivity contribution < 1.29 is 4.39 Å². The van der Waals surface area contributed by atoms with Crippen molar-refractivity contribution in [2.45, 2.75) is 19.9 Å². The van der Waals surface area contributed by atoms with E-state index in [0.29, 0.717) is 17.0 Å². The number of benzene rings is 1. The maximum Gasteiger partial charge on any atom is 0.201 e. The van der Waals surface area contributed by atoms with Gasteiger partial charge in [0.15, 0.2) is 5.82 Å². The van der Waals surface area contributed by atoms with Crippen LogP contribution in [-0.2, 0) is 0 Å². The predicted octanol–water partition coefficient (Wildman–Crippen LogP) is 3.13. The molecule has 4 nitrogen and oxygen atoms in total. The third-order valence-electron chi connectivity index (χ3n) is 3.08. The van der Waals surface area contributed by atoms with Gasteiger partial charge in [-0.05, 0) is 26.0 Å². The molecule has 0 saturated heterocycles. The Morgan fingerprint density at radius 2 is 2.16 bits per heavy atom. The molecule has 0 radical (unpaired) electrons. The zero-order valence-electron chi connectivity index (χ0n) is 10.6. The highest BCUT2D eigenvalue weighted by atomic mass is 32.1. The summed E-state index contributed by atoms with van der Waals surface area (Å²) in [6.45, 7) is 3.93. The van der Waals surface area contributed by atoms with Gasteiger partial charge in [0.25, 0.3) is 0 Å². The van der Waals surface area contributed by atoms with E-state index < -0.39 is 0 Å². The zero-order valence-corrected chi connectivity index (χ0v) is 11.4. The summed E-state index contributed by atoms with van der Waals surface area (Å²) in [4.78, 5) is 8.57. The van der Waals surface area contributed by atoms with Gasteiger partial charge in [0.1, 0.15) is 10.5 Å². The average molecular weight is 276 g/mol. The van der Waals surface area contributed by atoms with Crippen LogP contribution in [0.2, 0.25) is 0 Å². The molecule has 3 aromatic rings. The number of anilines is 1. The first-order valence-corrected chi connectivity index (χ1v) is 6.80. The van der Waals surface area contributed by atoms with E-state index in [4.69, 9.17) is 5.73 Å². The van der Waals surface area contributed by atoms with Gasteiger partial charge in [0, 0.05) is 11.1 Å². The monoisotopic (exact) mass is 276 g/mol. The molecule has 2 aromatic heterocycles. The van der Waals surface area contributed by atoms with Gasteiger partial charge in [-0.3, -0.25) is 0 Å². The Morgan fingerprint density at radius 1 is 1.37 bits per heavy atom. The highest BCUT2D eigenvalue weighted by Crippen LogP contribution is 2.29. The summed E-state index contributed by atoms with van der Waals surface area (Å²) in [5.41, 5.74) is 7.90. The number of halogens is 1. The number of thiazole rings is 1. The smallest absolute Gasteiger partial charge is 0.201 e. The highest BCUT2D eigenvalue weighted by molar-refractivity contribution is 7.09. The van der Waals surface area contributed by atoms with Crippen molar-refractivity contribution in [1.29, 1.82) is 0 Å². The topological polar surface area (TPSA) is 56.7 Å². The molecule has 0 spiro atoms. The number of rotatable bonds is 2. The first-order chi connectivity index (χ1) is 9.08. The molecule has 1 unspecified atom stereocenters. The fourth-order valence-electron chi connectivity index (χ4n) is 2.18. The van der Waals surface area contributed by atoms with Gasteiger partial charge < -0.3 is 10.3 Å². The molecule has 2 N–H and O–H groups in total. The van der Waals surface area contributed by atoms with Gasteiger partial charge >= 0.3 is 0 Å². The summed E-state index contributed by atoms with van der Waals surface area (Å²) in [6.07, 6.45) is 0. The second-order valence-corrected chi connectivity index (χ2v) is 5.34. The van der Waals surface area contributed by atoms with Crippen LogP contribution in [0.5, 0.6) is 0 Å². The van der Waals surface area contributed by atoms with Crippen molar-refractivity contribution in [2.75, 3.05) is 5.73 Å². The lowest BCUT2D eigenvalue weighted by molar-refractivity contribution is 0.636. The molecule has 6 heteroatoms. The van der Waals surface area contributed by atoms with Crippen LogP contribution in [0.15, 0.2) is 23.6 Å². The van der Waals surface area contributed by atoms with Crippen molar-refractivity contribution >= 4 is 28.3 Å². The fraction of sp³-hybridized carbons (Fsp3) is 0.231. The van der Waals surface area contributed by atoms with Crippen molar-refractivity contribution in [1.82, 2.24) is 14.5 Å². The van der Waals surface area contributed by atoms with E-state index in [1.165, 1.54) is 6.07 Å². The van der Waals surface area contributed by atoms with Crippen LogP contribution in [-0.4, -0.2) is 14.5 Å². The van der Waals surface area contributed by atoms with Gasteiger partial charge in [-0.2, -0.15) is 0 Å². The molecule has 19 heavy (non-hydrogen) atoms. The van der Waals surface area contributed by atoms with E-state index in [1.807, 2.05) is 29.9 Å². The van der Waals surface area contributed by atoms with Crippen molar-refractivity contribution in [3.63, 3.8) is 0 Å². The SMILES string of the molecule is Cc1csc(C(C)n2c(N)nc3c(F)cccc32)n1. The Morgan fingerprint density at radius 3 is 2.84 bits per heavy atom. The summed E-state index contributed by atoms with van der Waals surface area (Å²) in [7, 11) is 0. The minimum Gasteiger partial charge on any atom is -0.369 e. The number of aromatic nitrogens is 3. The summed E-state index contributed by atoms with van der Waals surface area (Å²) >= 11 is 1.57. The Labute approximate surface area is 113 Å². The molecule has 0 aliphatic heterocycles. The lowest BCUT2D eigenvalue weighted by Crippen LogP contribution is -2.10. The molecular weight excluding hydrogens is 263 g/mol. The molecule has 1 aromatic carbocycles. The summed E-state index contributed by atoms with van der Waals surface area (Å²) in [5, 5.41) is 2.93. The standard InChI is InChI=1S/C13H13FN4S/c1-7-6-19-12(16-7)8(2)18-10-5-3-4-9(14)11(10)17-13(18)15/h3-6,8H,1-2H3,(H2,15,17). The lowest BCUT2D eigenvalue weighted by atomic mass is 10.2. The molecule has 98 valence electrons.